The molecule has 17 nitrogen and oxygen atoms in total. The summed E-state index contributed by atoms with van der Waals surface area (Å²) in [6.45, 7) is 2.83. The SMILES string of the molecule is CC(=O)N[C@H]1CSSC[C@@H](C(N)=O)NC(=O)[C@H]([C@@H](C)O)NC(=O)[C@H](CCCCN)NC(=O)[C@@H](Cc2c[nH]c3ccccc23)NC(=O)[C@H](Cc2ccccc2)NC1=O. The van der Waals surface area contributed by atoms with Gasteiger partial charge in [0.15, 0.2) is 0 Å². The van der Waals surface area contributed by atoms with Crippen LogP contribution in [0, 0.1) is 0 Å². The van der Waals surface area contributed by atoms with Crippen LogP contribution in [0.1, 0.15) is 44.2 Å². The molecule has 3 aromatic rings. The first-order valence-corrected chi connectivity index (χ1v) is 21.1. The molecule has 7 amide bonds. The number of para-hydroxylation sites is 1. The molecule has 2 aromatic carbocycles. The lowest BCUT2D eigenvalue weighted by Crippen LogP contribution is -2.61. The number of fused-ring (bicyclic) bond motifs is 1. The molecular weight excluding hydrogens is 775 g/mol. The van der Waals surface area contributed by atoms with E-state index < -0.39 is 83.7 Å². The first-order valence-electron chi connectivity index (χ1n) is 18.6. The Bertz CT molecular complexity index is 1880. The molecule has 1 saturated heterocycles. The van der Waals surface area contributed by atoms with Gasteiger partial charge in [-0.2, -0.15) is 0 Å². The highest BCUT2D eigenvalue weighted by Crippen LogP contribution is 2.24. The number of aliphatic hydroxyl groups excluding tert-OH is 1. The number of H-pyrrole nitrogens is 1. The third kappa shape index (κ3) is 13.5. The monoisotopic (exact) mass is 825 g/mol. The van der Waals surface area contributed by atoms with Crippen molar-refractivity contribution in [3.05, 3.63) is 71.9 Å². The average molecular weight is 826 g/mol. The molecule has 0 saturated carbocycles. The molecule has 1 fully saturated rings. The van der Waals surface area contributed by atoms with Crippen molar-refractivity contribution >= 4 is 73.8 Å². The smallest absolute Gasteiger partial charge is 0.245 e. The Morgan fingerprint density at radius 2 is 1.40 bits per heavy atom. The fourth-order valence-corrected chi connectivity index (χ4v) is 8.48. The first kappa shape index (κ1) is 44.6. The summed E-state index contributed by atoms with van der Waals surface area (Å²) in [5.74, 6) is -5.32. The molecule has 0 unspecified atom stereocenters. The molecule has 4 rings (SSSR count). The summed E-state index contributed by atoms with van der Waals surface area (Å²) >= 11 is 0. The van der Waals surface area contributed by atoms with Crippen LogP contribution in [0.25, 0.3) is 10.9 Å². The minimum Gasteiger partial charge on any atom is -0.391 e. The third-order valence-corrected chi connectivity index (χ3v) is 11.6. The molecule has 7 atom stereocenters. The van der Waals surface area contributed by atoms with Crippen LogP contribution in [0.15, 0.2) is 60.8 Å². The molecule has 308 valence electrons. The van der Waals surface area contributed by atoms with E-state index in [-0.39, 0.29) is 30.8 Å². The summed E-state index contributed by atoms with van der Waals surface area (Å²) in [6.07, 6.45) is 1.28. The highest BCUT2D eigenvalue weighted by molar-refractivity contribution is 8.76. The summed E-state index contributed by atoms with van der Waals surface area (Å²) < 4.78 is 0. The van der Waals surface area contributed by atoms with E-state index in [0.29, 0.717) is 30.5 Å². The molecule has 0 spiro atoms. The van der Waals surface area contributed by atoms with Crippen LogP contribution in [-0.2, 0) is 46.4 Å². The van der Waals surface area contributed by atoms with Gasteiger partial charge in [-0.05, 0) is 49.9 Å². The van der Waals surface area contributed by atoms with Gasteiger partial charge in [-0.25, -0.2) is 0 Å². The van der Waals surface area contributed by atoms with E-state index in [0.717, 1.165) is 32.5 Å². The number of nitrogens with two attached hydrogens (primary N) is 2. The highest BCUT2D eigenvalue weighted by atomic mass is 33.1. The molecule has 2 heterocycles. The molecule has 0 bridgehead atoms. The normalized spacial score (nSPS) is 23.9. The van der Waals surface area contributed by atoms with Crippen LogP contribution in [0.4, 0.5) is 0 Å². The second-order valence-electron chi connectivity index (χ2n) is 13.7. The maximum absolute atomic E-state index is 14.3. The van der Waals surface area contributed by atoms with E-state index in [9.17, 15) is 38.7 Å². The van der Waals surface area contributed by atoms with E-state index >= 15 is 0 Å². The van der Waals surface area contributed by atoms with Crippen molar-refractivity contribution in [1.29, 1.82) is 0 Å². The fraction of sp³-hybridized carbons (Fsp3) is 0.447. The van der Waals surface area contributed by atoms with Gasteiger partial charge in [-0.15, -0.1) is 0 Å². The number of rotatable bonds is 11. The van der Waals surface area contributed by atoms with Gasteiger partial charge in [-0.1, -0.05) is 70.1 Å². The minimum atomic E-state index is -1.55. The number of unbranched alkanes of at least 4 members (excludes halogenated alkanes) is 1. The van der Waals surface area contributed by atoms with Crippen LogP contribution in [-0.4, -0.2) is 112 Å². The van der Waals surface area contributed by atoms with Crippen molar-refractivity contribution in [2.45, 2.75) is 88.3 Å². The van der Waals surface area contributed by atoms with Crippen molar-refractivity contribution in [1.82, 2.24) is 36.9 Å². The Balaban J connectivity index is 1.77. The Hall–Kier alpha value is -5.11. The molecule has 19 heteroatoms. The van der Waals surface area contributed by atoms with Gasteiger partial charge in [0.2, 0.25) is 41.4 Å². The van der Waals surface area contributed by atoms with Gasteiger partial charge in [0.25, 0.3) is 0 Å². The zero-order chi connectivity index (χ0) is 41.5. The molecular formula is C38H51N9O8S2. The number of carbonyl (C=O) groups is 7. The van der Waals surface area contributed by atoms with E-state index in [1.807, 2.05) is 24.3 Å². The molecule has 1 aromatic heterocycles. The summed E-state index contributed by atoms with van der Waals surface area (Å²) in [5, 5.41) is 27.3. The van der Waals surface area contributed by atoms with Gasteiger partial charge in [-0.3, -0.25) is 33.6 Å². The number of aromatic amines is 1. The molecule has 1 aliphatic heterocycles. The van der Waals surface area contributed by atoms with Gasteiger partial charge in [0, 0.05) is 48.4 Å². The van der Waals surface area contributed by atoms with Gasteiger partial charge >= 0.3 is 0 Å². The zero-order valence-electron chi connectivity index (χ0n) is 31.7. The Morgan fingerprint density at radius 3 is 2.07 bits per heavy atom. The number of primary amides is 1. The van der Waals surface area contributed by atoms with Crippen LogP contribution >= 0.6 is 21.6 Å². The lowest BCUT2D eigenvalue weighted by atomic mass is 10.0. The van der Waals surface area contributed by atoms with Gasteiger partial charge < -0.3 is 53.5 Å². The molecule has 57 heavy (non-hydrogen) atoms. The zero-order valence-corrected chi connectivity index (χ0v) is 33.4. The predicted molar refractivity (Wildman–Crippen MR) is 218 cm³/mol. The predicted octanol–water partition coefficient (Wildman–Crippen LogP) is -0.728. The van der Waals surface area contributed by atoms with Crippen molar-refractivity contribution in [3.8, 4) is 0 Å². The number of hydrogen-bond donors (Lipinski definition) is 10. The van der Waals surface area contributed by atoms with Crippen molar-refractivity contribution in [2.75, 3.05) is 18.1 Å². The van der Waals surface area contributed by atoms with E-state index in [4.69, 9.17) is 11.5 Å². The van der Waals surface area contributed by atoms with Crippen molar-refractivity contribution in [3.63, 3.8) is 0 Å². The number of hydrogen-bond acceptors (Lipinski definition) is 11. The number of benzene rings is 2. The Kier molecular flexibility index (Phi) is 17.2. The van der Waals surface area contributed by atoms with Gasteiger partial charge in [0.05, 0.1) is 6.10 Å². The number of nitrogens with one attached hydrogen (secondary N) is 7. The van der Waals surface area contributed by atoms with Crippen molar-refractivity contribution < 1.29 is 38.7 Å². The van der Waals surface area contributed by atoms with Crippen LogP contribution in [0.3, 0.4) is 0 Å². The summed E-state index contributed by atoms with van der Waals surface area (Å²) in [4.78, 5) is 97.5. The number of aromatic nitrogens is 1. The van der Waals surface area contributed by atoms with E-state index in [1.165, 1.54) is 13.8 Å². The summed E-state index contributed by atoms with van der Waals surface area (Å²) in [7, 11) is 2.19. The van der Waals surface area contributed by atoms with Gasteiger partial charge in [0.1, 0.15) is 36.3 Å². The third-order valence-electron chi connectivity index (χ3n) is 9.20. The average Bonchev–Trinajstić information content (AvgIpc) is 3.58. The Morgan fingerprint density at radius 1 is 0.789 bits per heavy atom. The second kappa shape index (κ2) is 22.0. The first-order chi connectivity index (χ1) is 27.3. The van der Waals surface area contributed by atoms with Crippen molar-refractivity contribution in [2.24, 2.45) is 11.5 Å². The number of carbonyl (C=O) groups excluding carboxylic acids is 7. The largest absolute Gasteiger partial charge is 0.391 e. The number of aliphatic hydroxyl groups is 1. The standard InChI is InChI=1S/C38H51N9O8S2/c1-21(48)32-38(55)46-30(33(40)50)19-56-57-20-31(42-22(2)49)37(54)44-28(16-23-10-4-3-5-11-23)35(52)45-29(17-24-18-41-26-13-7-6-12-25(24)26)36(53)43-27(34(51)47-32)14-8-9-15-39/h3-7,10-13,18,21,27-32,41,48H,8-9,14-17,19-20,39H2,1-2H3,(H2,40,50)(H,42,49)(H,43,53)(H,44,54)(H,45,52)(H,46,55)(H,47,51)/t21-,27+,28+,29-,30+,31+,32+/m1/s1. The molecule has 0 radical (unpaired) electrons. The van der Waals surface area contributed by atoms with E-state index in [1.54, 1.807) is 36.5 Å². The van der Waals surface area contributed by atoms with Crippen LogP contribution in [0.2, 0.25) is 0 Å². The molecule has 12 N–H and O–H groups in total. The number of amides is 7. The van der Waals surface area contributed by atoms with Crippen LogP contribution < -0.4 is 43.4 Å². The quantitative estimate of drug-likeness (QED) is 0.0851. The summed E-state index contributed by atoms with van der Waals surface area (Å²) in [5.41, 5.74) is 13.5. The van der Waals surface area contributed by atoms with E-state index in [2.05, 4.69) is 36.9 Å². The topological polar surface area (TPSA) is 280 Å². The summed E-state index contributed by atoms with van der Waals surface area (Å²) in [6, 6.07) is 8.63. The molecule has 0 aliphatic carbocycles. The second-order valence-corrected chi connectivity index (χ2v) is 16.3. The lowest BCUT2D eigenvalue weighted by Gasteiger charge is -2.28. The maximum Gasteiger partial charge on any atom is 0.245 e. The Labute approximate surface area is 338 Å². The van der Waals surface area contributed by atoms with Crippen LogP contribution in [0.5, 0.6) is 0 Å². The maximum atomic E-state index is 14.3. The molecule has 1 aliphatic rings. The lowest BCUT2D eigenvalue weighted by molar-refractivity contribution is -0.136. The minimum absolute atomic E-state index is 0.0152. The highest BCUT2D eigenvalue weighted by Gasteiger charge is 2.35. The fourth-order valence-electron chi connectivity index (χ4n) is 6.14.